The smallest absolute Gasteiger partial charge is 0.303 e. The summed E-state index contributed by atoms with van der Waals surface area (Å²) in [6.07, 6.45) is 0.427. The highest BCUT2D eigenvalue weighted by Crippen LogP contribution is 2.13. The first-order chi connectivity index (χ1) is 12.8. The number of amides is 1. The molecular formula is C22H28N2O3. The second-order valence-corrected chi connectivity index (χ2v) is 7.44. The third-order valence-electron chi connectivity index (χ3n) is 4.31. The van der Waals surface area contributed by atoms with Crippen LogP contribution in [0, 0.1) is 0 Å². The summed E-state index contributed by atoms with van der Waals surface area (Å²) in [4.78, 5) is 25.5. The van der Waals surface area contributed by atoms with E-state index in [0.717, 1.165) is 11.1 Å². The summed E-state index contributed by atoms with van der Waals surface area (Å²) in [7, 11) is 0. The molecule has 0 heterocycles. The number of hydrogen-bond donors (Lipinski definition) is 2. The van der Waals surface area contributed by atoms with Gasteiger partial charge in [0.15, 0.2) is 0 Å². The Morgan fingerprint density at radius 3 is 1.85 bits per heavy atom. The van der Waals surface area contributed by atoms with Crippen molar-refractivity contribution in [1.29, 1.82) is 0 Å². The average molecular weight is 368 g/mol. The molecule has 0 bridgehead atoms. The zero-order valence-corrected chi connectivity index (χ0v) is 16.0. The van der Waals surface area contributed by atoms with Crippen molar-refractivity contribution >= 4 is 11.9 Å². The lowest BCUT2D eigenvalue weighted by Gasteiger charge is -2.28. The summed E-state index contributed by atoms with van der Waals surface area (Å²) in [6, 6.07) is 20.1. The molecule has 2 aromatic carbocycles. The van der Waals surface area contributed by atoms with E-state index in [-0.39, 0.29) is 18.9 Å². The summed E-state index contributed by atoms with van der Waals surface area (Å²) in [5, 5.41) is 11.8. The number of nitrogens with zero attached hydrogens (tertiary/aromatic N) is 1. The fraction of sp³-hybridized carbons (Fsp3) is 0.364. The van der Waals surface area contributed by atoms with Gasteiger partial charge in [0, 0.05) is 25.0 Å². The van der Waals surface area contributed by atoms with Gasteiger partial charge in [-0.15, -0.1) is 0 Å². The van der Waals surface area contributed by atoms with Crippen LogP contribution in [0.1, 0.15) is 37.8 Å². The van der Waals surface area contributed by atoms with E-state index < -0.39 is 11.5 Å². The Morgan fingerprint density at radius 2 is 1.41 bits per heavy atom. The number of carboxylic acid groups (broad SMARTS) is 1. The minimum absolute atomic E-state index is 0.0328. The lowest BCUT2D eigenvalue weighted by molar-refractivity contribution is -0.138. The van der Waals surface area contributed by atoms with Crippen molar-refractivity contribution in [2.45, 2.75) is 45.3 Å². The first kappa shape index (κ1) is 20.6. The Hall–Kier alpha value is -2.66. The fourth-order valence-corrected chi connectivity index (χ4v) is 2.95. The number of nitrogens with one attached hydrogen (secondary N) is 1. The Morgan fingerprint density at radius 1 is 0.926 bits per heavy atom. The number of benzene rings is 2. The lowest BCUT2D eigenvalue weighted by Crippen LogP contribution is -2.47. The predicted molar refractivity (Wildman–Crippen MR) is 106 cm³/mol. The monoisotopic (exact) mass is 368 g/mol. The van der Waals surface area contributed by atoms with Gasteiger partial charge >= 0.3 is 5.97 Å². The molecule has 0 radical (unpaired) electrons. The third kappa shape index (κ3) is 8.05. The zero-order chi connectivity index (χ0) is 19.7. The largest absolute Gasteiger partial charge is 0.481 e. The number of carboxylic acids is 1. The number of rotatable bonds is 10. The molecule has 0 fully saturated rings. The Labute approximate surface area is 161 Å². The van der Waals surface area contributed by atoms with Crippen LogP contribution in [-0.4, -0.2) is 34.0 Å². The molecule has 0 saturated heterocycles. The van der Waals surface area contributed by atoms with Crippen LogP contribution in [0.2, 0.25) is 0 Å². The maximum Gasteiger partial charge on any atom is 0.303 e. The van der Waals surface area contributed by atoms with Crippen LogP contribution in [0.25, 0.3) is 0 Å². The van der Waals surface area contributed by atoms with Gasteiger partial charge in [-0.2, -0.15) is 0 Å². The van der Waals surface area contributed by atoms with E-state index >= 15 is 0 Å². The van der Waals surface area contributed by atoms with Gasteiger partial charge in [0.05, 0.1) is 6.54 Å². The van der Waals surface area contributed by atoms with Crippen LogP contribution in [0.4, 0.5) is 0 Å². The molecule has 27 heavy (non-hydrogen) atoms. The summed E-state index contributed by atoms with van der Waals surface area (Å²) >= 11 is 0. The summed E-state index contributed by atoms with van der Waals surface area (Å²) < 4.78 is 0. The van der Waals surface area contributed by atoms with Crippen molar-refractivity contribution in [2.75, 3.05) is 6.54 Å². The predicted octanol–water partition coefficient (Wildman–Crippen LogP) is 3.45. The molecule has 5 nitrogen and oxygen atoms in total. The minimum Gasteiger partial charge on any atom is -0.481 e. The normalized spacial score (nSPS) is 11.4. The maximum atomic E-state index is 12.6. The Balaban J connectivity index is 2.01. The van der Waals surface area contributed by atoms with Crippen molar-refractivity contribution in [3.8, 4) is 0 Å². The van der Waals surface area contributed by atoms with E-state index in [1.807, 2.05) is 74.5 Å². The molecule has 0 aliphatic heterocycles. The average Bonchev–Trinajstić information content (AvgIpc) is 2.61. The summed E-state index contributed by atoms with van der Waals surface area (Å²) in [5.74, 6) is -0.954. The molecule has 0 aromatic heterocycles. The van der Waals surface area contributed by atoms with Crippen LogP contribution in [0.15, 0.2) is 60.7 Å². The van der Waals surface area contributed by atoms with Crippen molar-refractivity contribution in [2.24, 2.45) is 0 Å². The molecule has 2 aromatic rings. The molecule has 0 spiro atoms. The van der Waals surface area contributed by atoms with Gasteiger partial charge in [-0.3, -0.25) is 14.5 Å². The zero-order valence-electron chi connectivity index (χ0n) is 16.0. The quantitative estimate of drug-likeness (QED) is 0.674. The maximum absolute atomic E-state index is 12.6. The van der Waals surface area contributed by atoms with Gasteiger partial charge in [0.25, 0.3) is 0 Å². The van der Waals surface area contributed by atoms with Gasteiger partial charge < -0.3 is 10.4 Å². The number of hydrogen-bond acceptors (Lipinski definition) is 3. The topological polar surface area (TPSA) is 69.6 Å². The van der Waals surface area contributed by atoms with Crippen molar-refractivity contribution in [3.63, 3.8) is 0 Å². The molecule has 0 unspecified atom stereocenters. The molecule has 0 aliphatic carbocycles. The van der Waals surface area contributed by atoms with E-state index in [9.17, 15) is 9.59 Å². The SMILES string of the molecule is CC(C)(CCC(=O)O)NC(=O)CN(Cc1ccccc1)Cc1ccccc1. The molecule has 2 N–H and O–H groups in total. The van der Waals surface area contributed by atoms with Crippen LogP contribution in [0.3, 0.4) is 0 Å². The van der Waals surface area contributed by atoms with Crippen LogP contribution in [0.5, 0.6) is 0 Å². The molecule has 1 amide bonds. The van der Waals surface area contributed by atoms with E-state index in [2.05, 4.69) is 10.2 Å². The highest BCUT2D eigenvalue weighted by Gasteiger charge is 2.22. The minimum atomic E-state index is -0.855. The highest BCUT2D eigenvalue weighted by atomic mass is 16.4. The van der Waals surface area contributed by atoms with Crippen molar-refractivity contribution in [3.05, 3.63) is 71.8 Å². The molecule has 0 aliphatic rings. The van der Waals surface area contributed by atoms with Crippen LogP contribution < -0.4 is 5.32 Å². The molecule has 144 valence electrons. The molecule has 0 atom stereocenters. The molecular weight excluding hydrogens is 340 g/mol. The number of carbonyl (C=O) groups excluding carboxylic acids is 1. The van der Waals surface area contributed by atoms with E-state index in [1.165, 1.54) is 0 Å². The molecule has 0 saturated carbocycles. The van der Waals surface area contributed by atoms with Crippen molar-refractivity contribution in [1.82, 2.24) is 10.2 Å². The molecule has 5 heteroatoms. The van der Waals surface area contributed by atoms with Gasteiger partial charge in [0.2, 0.25) is 5.91 Å². The fourth-order valence-electron chi connectivity index (χ4n) is 2.95. The van der Waals surface area contributed by atoms with Crippen LogP contribution in [-0.2, 0) is 22.7 Å². The second-order valence-electron chi connectivity index (χ2n) is 7.44. The Kier molecular flexibility index (Phi) is 7.55. The van der Waals surface area contributed by atoms with Crippen molar-refractivity contribution < 1.29 is 14.7 Å². The first-order valence-corrected chi connectivity index (χ1v) is 9.17. The second kappa shape index (κ2) is 9.88. The van der Waals surface area contributed by atoms with Gasteiger partial charge in [-0.1, -0.05) is 60.7 Å². The first-order valence-electron chi connectivity index (χ1n) is 9.17. The van der Waals surface area contributed by atoms with E-state index in [1.54, 1.807) is 0 Å². The van der Waals surface area contributed by atoms with E-state index in [4.69, 9.17) is 5.11 Å². The summed E-state index contributed by atoms with van der Waals surface area (Å²) in [6.45, 7) is 5.29. The Bertz CT molecular complexity index is 688. The molecule has 2 rings (SSSR count). The van der Waals surface area contributed by atoms with E-state index in [0.29, 0.717) is 19.5 Å². The lowest BCUT2D eigenvalue weighted by atomic mass is 9.98. The highest BCUT2D eigenvalue weighted by molar-refractivity contribution is 5.79. The van der Waals surface area contributed by atoms with Crippen LogP contribution >= 0.6 is 0 Å². The third-order valence-corrected chi connectivity index (χ3v) is 4.31. The van der Waals surface area contributed by atoms with Gasteiger partial charge in [0.1, 0.15) is 0 Å². The number of aliphatic carboxylic acids is 1. The number of carbonyl (C=O) groups is 2. The van der Waals surface area contributed by atoms with Gasteiger partial charge in [-0.25, -0.2) is 0 Å². The standard InChI is InChI=1S/C22H28N2O3/c1-22(2,14-13-21(26)27)23-20(25)17-24(15-18-9-5-3-6-10-18)16-19-11-7-4-8-12-19/h3-12H,13-17H2,1-2H3,(H,23,25)(H,26,27). The summed E-state index contributed by atoms with van der Waals surface area (Å²) in [5.41, 5.74) is 1.73. The van der Waals surface area contributed by atoms with Gasteiger partial charge in [-0.05, 0) is 31.4 Å².